The molecule has 1 aromatic carbocycles. The first-order chi connectivity index (χ1) is 7.69. The van der Waals surface area contributed by atoms with Gasteiger partial charge >= 0.3 is 0 Å². The molecule has 0 aliphatic carbocycles. The molecule has 16 heavy (non-hydrogen) atoms. The maximum atomic E-state index is 6.13. The van der Waals surface area contributed by atoms with E-state index in [1.807, 2.05) is 12.1 Å². The fraction of sp³-hybridized carbons (Fsp3) is 0.385. The summed E-state index contributed by atoms with van der Waals surface area (Å²) in [5.74, 6) is 0. The number of benzene rings is 1. The van der Waals surface area contributed by atoms with Crippen molar-refractivity contribution in [1.82, 2.24) is 5.32 Å². The molecule has 1 aromatic rings. The minimum absolute atomic E-state index is 0.326. The maximum Gasteiger partial charge on any atom is 0.0542 e. The van der Waals surface area contributed by atoms with Crippen LogP contribution in [-0.4, -0.2) is 6.54 Å². The van der Waals surface area contributed by atoms with Crippen LogP contribution in [0, 0.1) is 3.57 Å². The topological polar surface area (TPSA) is 12.0 Å². The summed E-state index contributed by atoms with van der Waals surface area (Å²) in [6.07, 6.45) is 4.00. The summed E-state index contributed by atoms with van der Waals surface area (Å²) in [7, 11) is 0. The van der Waals surface area contributed by atoms with E-state index in [1.165, 1.54) is 5.56 Å². The van der Waals surface area contributed by atoms with Gasteiger partial charge in [0.2, 0.25) is 0 Å². The molecule has 0 bridgehead atoms. The molecule has 0 aromatic heterocycles. The van der Waals surface area contributed by atoms with Crippen molar-refractivity contribution in [3.05, 3.63) is 45.0 Å². The molecule has 0 heterocycles. The lowest BCUT2D eigenvalue weighted by atomic mass is 10.0. The van der Waals surface area contributed by atoms with Gasteiger partial charge in [-0.1, -0.05) is 30.7 Å². The van der Waals surface area contributed by atoms with Crippen molar-refractivity contribution in [2.75, 3.05) is 6.54 Å². The lowest BCUT2D eigenvalue weighted by Crippen LogP contribution is -2.21. The Hall–Kier alpha value is -0.0600. The number of hydrogen-bond acceptors (Lipinski definition) is 1. The van der Waals surface area contributed by atoms with Crippen LogP contribution < -0.4 is 5.32 Å². The molecule has 0 radical (unpaired) electrons. The van der Waals surface area contributed by atoms with Gasteiger partial charge in [0, 0.05) is 9.61 Å². The quantitative estimate of drug-likeness (QED) is 0.586. The molecule has 1 nitrogen and oxygen atoms in total. The van der Waals surface area contributed by atoms with Gasteiger partial charge in [0.15, 0.2) is 0 Å². The predicted molar refractivity (Wildman–Crippen MR) is 80.0 cm³/mol. The lowest BCUT2D eigenvalue weighted by Gasteiger charge is -2.17. The Bertz CT molecular complexity index is 352. The number of nitrogens with one attached hydrogen (secondary N) is 1. The van der Waals surface area contributed by atoms with E-state index in [0.29, 0.717) is 6.04 Å². The molecule has 1 rings (SSSR count). The van der Waals surface area contributed by atoms with Crippen LogP contribution in [-0.2, 0) is 0 Å². The Morgan fingerprint density at radius 2 is 2.31 bits per heavy atom. The van der Waals surface area contributed by atoms with Crippen molar-refractivity contribution in [3.63, 3.8) is 0 Å². The van der Waals surface area contributed by atoms with Gasteiger partial charge in [0.25, 0.3) is 0 Å². The zero-order valence-electron chi connectivity index (χ0n) is 9.47. The SMILES string of the molecule is C=CCC(NCCC)c1ccc(I)c(Cl)c1. The third-order valence-corrected chi connectivity index (χ3v) is 3.96. The van der Waals surface area contributed by atoms with Crippen LogP contribution >= 0.6 is 34.2 Å². The van der Waals surface area contributed by atoms with Gasteiger partial charge < -0.3 is 5.32 Å². The highest BCUT2D eigenvalue weighted by molar-refractivity contribution is 14.1. The first kappa shape index (κ1) is 14.0. The van der Waals surface area contributed by atoms with Crippen molar-refractivity contribution in [2.45, 2.75) is 25.8 Å². The second-order valence-corrected chi connectivity index (χ2v) is 5.27. The summed E-state index contributed by atoms with van der Waals surface area (Å²) in [5, 5.41) is 4.33. The molecule has 0 fully saturated rings. The van der Waals surface area contributed by atoms with Crippen LogP contribution in [0.5, 0.6) is 0 Å². The van der Waals surface area contributed by atoms with Crippen LogP contribution in [0.15, 0.2) is 30.9 Å². The Labute approximate surface area is 116 Å². The van der Waals surface area contributed by atoms with E-state index < -0.39 is 0 Å². The minimum atomic E-state index is 0.326. The molecule has 0 amide bonds. The van der Waals surface area contributed by atoms with Crippen molar-refractivity contribution in [2.24, 2.45) is 0 Å². The third kappa shape index (κ3) is 4.07. The van der Waals surface area contributed by atoms with Gasteiger partial charge in [0.05, 0.1) is 5.02 Å². The second kappa shape index (κ2) is 7.30. The van der Waals surface area contributed by atoms with Crippen molar-refractivity contribution < 1.29 is 0 Å². The predicted octanol–water partition coefficient (Wildman–Crippen LogP) is 4.56. The standard InChI is InChI=1S/C13H17ClIN/c1-3-5-13(16-8-4-2)10-6-7-12(15)11(14)9-10/h3,6-7,9,13,16H,1,4-5,8H2,2H3. The van der Waals surface area contributed by atoms with Crippen LogP contribution in [0.25, 0.3) is 0 Å². The number of hydrogen-bond donors (Lipinski definition) is 1. The Morgan fingerprint density at radius 3 is 2.88 bits per heavy atom. The summed E-state index contributed by atoms with van der Waals surface area (Å²) in [6.45, 7) is 6.98. The summed E-state index contributed by atoms with van der Waals surface area (Å²) < 4.78 is 1.09. The third-order valence-electron chi connectivity index (χ3n) is 2.39. The van der Waals surface area contributed by atoms with E-state index in [2.05, 4.69) is 53.5 Å². The van der Waals surface area contributed by atoms with Gasteiger partial charge in [-0.05, 0) is 59.7 Å². The van der Waals surface area contributed by atoms with Crippen molar-refractivity contribution >= 4 is 34.2 Å². The molecule has 1 N–H and O–H groups in total. The number of halogens is 2. The Balaban J connectivity index is 2.82. The average Bonchev–Trinajstić information content (AvgIpc) is 2.28. The van der Waals surface area contributed by atoms with E-state index in [-0.39, 0.29) is 0 Å². The molecule has 0 saturated carbocycles. The van der Waals surface area contributed by atoms with Gasteiger partial charge in [-0.2, -0.15) is 0 Å². The van der Waals surface area contributed by atoms with Gasteiger partial charge in [-0.3, -0.25) is 0 Å². The normalized spacial score (nSPS) is 12.4. The van der Waals surface area contributed by atoms with Gasteiger partial charge in [0.1, 0.15) is 0 Å². The van der Waals surface area contributed by atoms with Crippen LogP contribution in [0.2, 0.25) is 5.02 Å². The maximum absolute atomic E-state index is 6.13. The molecule has 1 unspecified atom stereocenters. The highest BCUT2D eigenvalue weighted by Crippen LogP contribution is 2.25. The molecular formula is C13H17ClIN. The highest BCUT2D eigenvalue weighted by atomic mass is 127. The monoisotopic (exact) mass is 349 g/mol. The first-order valence-electron chi connectivity index (χ1n) is 5.48. The van der Waals surface area contributed by atoms with Crippen molar-refractivity contribution in [1.29, 1.82) is 0 Å². The van der Waals surface area contributed by atoms with E-state index in [9.17, 15) is 0 Å². The van der Waals surface area contributed by atoms with E-state index in [0.717, 1.165) is 28.0 Å². The first-order valence-corrected chi connectivity index (χ1v) is 6.94. The molecule has 0 saturated heterocycles. The lowest BCUT2D eigenvalue weighted by molar-refractivity contribution is 0.537. The summed E-state index contributed by atoms with van der Waals surface area (Å²) in [4.78, 5) is 0. The minimum Gasteiger partial charge on any atom is -0.310 e. The molecular weight excluding hydrogens is 333 g/mol. The van der Waals surface area contributed by atoms with Crippen LogP contribution in [0.3, 0.4) is 0 Å². The molecule has 0 spiro atoms. The summed E-state index contributed by atoms with van der Waals surface area (Å²) >= 11 is 8.37. The zero-order valence-corrected chi connectivity index (χ0v) is 12.4. The van der Waals surface area contributed by atoms with Crippen molar-refractivity contribution in [3.8, 4) is 0 Å². The summed E-state index contributed by atoms with van der Waals surface area (Å²) in [6, 6.07) is 6.55. The molecule has 3 heteroatoms. The van der Waals surface area contributed by atoms with Crippen LogP contribution in [0.1, 0.15) is 31.4 Å². The fourth-order valence-electron chi connectivity index (χ4n) is 1.55. The summed E-state index contributed by atoms with van der Waals surface area (Å²) in [5.41, 5.74) is 1.23. The Morgan fingerprint density at radius 1 is 1.56 bits per heavy atom. The second-order valence-electron chi connectivity index (χ2n) is 3.70. The van der Waals surface area contributed by atoms with Gasteiger partial charge in [-0.25, -0.2) is 0 Å². The van der Waals surface area contributed by atoms with Gasteiger partial charge in [-0.15, -0.1) is 6.58 Å². The zero-order chi connectivity index (χ0) is 12.0. The molecule has 0 aliphatic heterocycles. The smallest absolute Gasteiger partial charge is 0.0542 e. The van der Waals surface area contributed by atoms with E-state index >= 15 is 0 Å². The largest absolute Gasteiger partial charge is 0.310 e. The molecule has 88 valence electrons. The molecule has 1 atom stereocenters. The highest BCUT2D eigenvalue weighted by Gasteiger charge is 2.10. The van der Waals surface area contributed by atoms with E-state index in [4.69, 9.17) is 11.6 Å². The molecule has 0 aliphatic rings. The Kier molecular flexibility index (Phi) is 6.39. The van der Waals surface area contributed by atoms with Crippen LogP contribution in [0.4, 0.5) is 0 Å². The average molecular weight is 350 g/mol. The number of rotatable bonds is 6. The fourth-order valence-corrected chi connectivity index (χ4v) is 2.08. The van der Waals surface area contributed by atoms with E-state index in [1.54, 1.807) is 0 Å².